The summed E-state index contributed by atoms with van der Waals surface area (Å²) in [6.07, 6.45) is 7.50. The van der Waals surface area contributed by atoms with Crippen LogP contribution in [0, 0.1) is 56.7 Å². The molecule has 6 rings (SSSR count). The Bertz CT molecular complexity index is 3210. The van der Waals surface area contributed by atoms with Crippen LogP contribution >= 0.6 is 22.6 Å². The van der Waals surface area contributed by atoms with Gasteiger partial charge in [0, 0.05) is 3.58 Å². The second-order valence-corrected chi connectivity index (χ2v) is 22.5. The molecule has 0 heterocycles. The first kappa shape index (κ1) is 49.4. The molecule has 0 N–H and O–H groups in total. The summed E-state index contributed by atoms with van der Waals surface area (Å²) < 4.78 is 0.716. The zero-order chi connectivity index (χ0) is 49.2. The van der Waals surface area contributed by atoms with Gasteiger partial charge in [0.25, 0.3) is 0 Å². The number of benzene rings is 5. The van der Waals surface area contributed by atoms with Gasteiger partial charge in [0.1, 0.15) is 6.07 Å². The minimum atomic E-state index is -0.293. The van der Waals surface area contributed by atoms with Gasteiger partial charge in [-0.3, -0.25) is 0 Å². The third-order valence-corrected chi connectivity index (χ3v) is 13.2. The van der Waals surface area contributed by atoms with Crippen LogP contribution in [0.4, 0.5) is 0 Å². The summed E-state index contributed by atoms with van der Waals surface area (Å²) in [4.78, 5) is 0. The molecule has 0 saturated heterocycles. The Morgan fingerprint density at radius 1 is 0.328 bits per heavy atom. The molecule has 1 aliphatic rings. The highest BCUT2D eigenvalue weighted by atomic mass is 127. The van der Waals surface area contributed by atoms with Crippen molar-refractivity contribution < 1.29 is 0 Å². The molecule has 0 atom stereocenters. The normalized spacial score (nSPS) is 17.1. The maximum atomic E-state index is 10.9. The molecule has 0 unspecified atom stereocenters. The Kier molecular flexibility index (Phi) is 14.1. The van der Waals surface area contributed by atoms with Gasteiger partial charge in [-0.1, -0.05) is 126 Å². The van der Waals surface area contributed by atoms with E-state index in [4.69, 9.17) is 0 Å². The standard InChI is InChI=1S/C61H56IN5/c1-58(2,3)52-24-38-16-44(29-52)49(34-64)21-39-17-45(30-53(25-39)59(4,5)6)50(35-65)22-40-18-46(31-54(26-40)60(7,8)9)51(36-66)23-41-19-47(32-55(27-41)61(10,11)12)56(37-67)57(62)43-15-13-14-42(28-43)48(20-38)33-63/h13-32H,1-12H3/b48-20?,49-21+,50-22+,51-23+,57-56-. The molecular weight excluding hydrogens is 930 g/mol. The Morgan fingerprint density at radius 2 is 0.612 bits per heavy atom. The van der Waals surface area contributed by atoms with E-state index in [-0.39, 0.29) is 21.7 Å². The Hall–Kier alpha value is -7.02. The van der Waals surface area contributed by atoms with Crippen LogP contribution in [0.5, 0.6) is 0 Å². The number of hydrogen-bond donors (Lipinski definition) is 0. The number of nitriles is 5. The molecule has 67 heavy (non-hydrogen) atoms. The van der Waals surface area contributed by atoms with Gasteiger partial charge in [-0.05, 0) is 201 Å². The van der Waals surface area contributed by atoms with E-state index >= 15 is 0 Å². The molecule has 0 aliphatic heterocycles. The van der Waals surface area contributed by atoms with E-state index in [1.165, 1.54) is 0 Å². The number of allylic oxidation sites excluding steroid dienone is 5. The van der Waals surface area contributed by atoms with Gasteiger partial charge in [-0.15, -0.1) is 0 Å². The fourth-order valence-electron chi connectivity index (χ4n) is 7.88. The van der Waals surface area contributed by atoms with Gasteiger partial charge in [0.15, 0.2) is 0 Å². The summed E-state index contributed by atoms with van der Waals surface area (Å²) >= 11 is 2.23. The number of nitrogens with zero attached hydrogens (tertiary/aromatic N) is 5. The molecule has 6 heteroatoms. The maximum absolute atomic E-state index is 10.9. The largest absolute Gasteiger partial charge is 0.192 e. The minimum Gasteiger partial charge on any atom is -0.192 e. The monoisotopic (exact) mass is 985 g/mol. The fourth-order valence-corrected chi connectivity index (χ4v) is 8.65. The fraction of sp³-hybridized carbons (Fsp3) is 0.262. The second kappa shape index (κ2) is 19.1. The Balaban J connectivity index is 1.78. The van der Waals surface area contributed by atoms with Crippen molar-refractivity contribution in [3.8, 4) is 30.3 Å². The zero-order valence-corrected chi connectivity index (χ0v) is 42.8. The van der Waals surface area contributed by atoms with E-state index in [2.05, 4.69) is 160 Å². The van der Waals surface area contributed by atoms with Crippen molar-refractivity contribution in [2.45, 2.75) is 105 Å². The minimum absolute atomic E-state index is 0.286. The lowest BCUT2D eigenvalue weighted by Crippen LogP contribution is -2.12. The molecule has 5 aromatic carbocycles. The first-order chi connectivity index (χ1) is 31.3. The zero-order valence-electron chi connectivity index (χ0n) is 40.7. The molecule has 0 fully saturated rings. The van der Waals surface area contributed by atoms with Crippen LogP contribution in [0.1, 0.15) is 161 Å². The van der Waals surface area contributed by atoms with Gasteiger partial charge in [-0.25, -0.2) is 0 Å². The molecule has 332 valence electrons. The van der Waals surface area contributed by atoms with E-state index < -0.39 is 0 Å². The smallest absolute Gasteiger partial charge is 0.101 e. The first-order valence-electron chi connectivity index (χ1n) is 22.4. The van der Waals surface area contributed by atoms with Crippen molar-refractivity contribution in [1.82, 2.24) is 0 Å². The summed E-state index contributed by atoms with van der Waals surface area (Å²) in [6, 6.07) is 44.4. The molecule has 5 nitrogen and oxygen atoms in total. The van der Waals surface area contributed by atoms with Crippen LogP contribution in [0.3, 0.4) is 0 Å². The van der Waals surface area contributed by atoms with Gasteiger partial charge < -0.3 is 0 Å². The summed E-state index contributed by atoms with van der Waals surface area (Å²) in [5.41, 5.74) is 12.4. The topological polar surface area (TPSA) is 119 Å². The first-order valence-corrected chi connectivity index (χ1v) is 23.4. The highest BCUT2D eigenvalue weighted by Gasteiger charge is 2.23. The van der Waals surface area contributed by atoms with Crippen LogP contribution in [-0.4, -0.2) is 0 Å². The SMILES string of the molecule is CC(C)(C)c1cc2cc(c1)/C(C#N)=C/c1cc(cc(C(C)(C)C)c1)/C(C#N)=C/c1cc(cc(C(C)(C)C)c1)/C(C#N)=C/c1cc(cc(C(C)(C)C)c1)/C(C#N)=C(\I)c1cccc(c1)C(C#N)=C2. The molecule has 0 radical (unpaired) electrons. The highest BCUT2D eigenvalue weighted by Crippen LogP contribution is 2.38. The second-order valence-electron chi connectivity index (χ2n) is 21.4. The Labute approximate surface area is 412 Å². The number of hydrogen-bond acceptors (Lipinski definition) is 5. The van der Waals surface area contributed by atoms with Crippen LogP contribution in [-0.2, 0) is 21.7 Å². The summed E-state index contributed by atoms with van der Waals surface area (Å²) in [5, 5.41) is 54.2. The Morgan fingerprint density at radius 3 is 0.910 bits per heavy atom. The lowest BCUT2D eigenvalue weighted by Gasteiger charge is -2.22. The quantitative estimate of drug-likeness (QED) is 0.143. The van der Waals surface area contributed by atoms with Crippen LogP contribution < -0.4 is 0 Å². The summed E-state index contributed by atoms with van der Waals surface area (Å²) in [7, 11) is 0. The lowest BCUT2D eigenvalue weighted by atomic mass is 9.82. The average molecular weight is 986 g/mol. The van der Waals surface area contributed by atoms with Crippen LogP contribution in [0.15, 0.2) is 97.1 Å². The van der Waals surface area contributed by atoms with Gasteiger partial charge in [0.2, 0.25) is 0 Å². The van der Waals surface area contributed by atoms with E-state index in [9.17, 15) is 26.3 Å². The molecule has 0 amide bonds. The van der Waals surface area contributed by atoms with Crippen molar-refractivity contribution in [1.29, 1.82) is 26.3 Å². The summed E-state index contributed by atoms with van der Waals surface area (Å²) in [5.74, 6) is 0. The van der Waals surface area contributed by atoms with Crippen molar-refractivity contribution in [3.05, 3.63) is 175 Å². The maximum Gasteiger partial charge on any atom is 0.101 e. The molecule has 0 saturated carbocycles. The summed E-state index contributed by atoms with van der Waals surface area (Å²) in [6.45, 7) is 25.5. The molecule has 5 aromatic rings. The highest BCUT2D eigenvalue weighted by molar-refractivity contribution is 14.1. The van der Waals surface area contributed by atoms with Crippen molar-refractivity contribution in [2.24, 2.45) is 0 Å². The molecule has 1 aliphatic carbocycles. The molecular formula is C61H56IN5. The molecule has 0 spiro atoms. The number of rotatable bonds is 0. The third-order valence-electron chi connectivity index (χ3n) is 12.0. The lowest BCUT2D eigenvalue weighted by molar-refractivity contribution is 0.589. The molecule has 0 aromatic heterocycles. The predicted molar refractivity (Wildman–Crippen MR) is 287 cm³/mol. The van der Waals surface area contributed by atoms with E-state index in [0.29, 0.717) is 59.3 Å². The van der Waals surface area contributed by atoms with Gasteiger partial charge in [0.05, 0.1) is 52.1 Å². The van der Waals surface area contributed by atoms with E-state index in [0.717, 1.165) is 50.1 Å². The van der Waals surface area contributed by atoms with E-state index in [1.54, 1.807) is 0 Å². The van der Waals surface area contributed by atoms with Gasteiger partial charge >= 0.3 is 0 Å². The predicted octanol–water partition coefficient (Wildman–Crippen LogP) is 16.3. The average Bonchev–Trinajstić information content (AvgIpc) is 3.26. The van der Waals surface area contributed by atoms with Crippen molar-refractivity contribution in [3.63, 3.8) is 0 Å². The van der Waals surface area contributed by atoms with Crippen LogP contribution in [0.25, 0.3) is 55.7 Å². The third kappa shape index (κ3) is 11.5. The van der Waals surface area contributed by atoms with Gasteiger partial charge in [-0.2, -0.15) is 26.3 Å². The van der Waals surface area contributed by atoms with Crippen LogP contribution in [0.2, 0.25) is 0 Å². The molecule has 10 bridgehead atoms. The van der Waals surface area contributed by atoms with E-state index in [1.807, 2.05) is 97.1 Å². The van der Waals surface area contributed by atoms with Crippen molar-refractivity contribution in [2.75, 3.05) is 0 Å². The number of fused-ring (bicyclic) bond motifs is 10. The van der Waals surface area contributed by atoms with Crippen molar-refractivity contribution >= 4 is 78.3 Å². The number of halogens is 1.